The van der Waals surface area contributed by atoms with Gasteiger partial charge in [-0.3, -0.25) is 0 Å². The summed E-state index contributed by atoms with van der Waals surface area (Å²) in [6.07, 6.45) is 32.9. The molecule has 2 nitrogen and oxygen atoms in total. The molecule has 3 aromatic rings. The first-order valence-electron chi connectivity index (χ1n) is 16.2. The molecule has 8 rings (SSSR count). The third kappa shape index (κ3) is 3.80. The lowest BCUT2D eigenvalue weighted by Gasteiger charge is -2.34. The van der Waals surface area contributed by atoms with Crippen molar-refractivity contribution in [1.29, 1.82) is 0 Å². The number of aromatic nitrogens is 1. The second-order valence-electron chi connectivity index (χ2n) is 13.5. The van der Waals surface area contributed by atoms with E-state index in [1.807, 2.05) is 0 Å². The van der Waals surface area contributed by atoms with Crippen LogP contribution in [0.25, 0.3) is 33.8 Å². The molecule has 2 unspecified atom stereocenters. The lowest BCUT2D eigenvalue weighted by molar-refractivity contribution is 0.651. The molecule has 1 aromatic heterocycles. The van der Waals surface area contributed by atoms with Crippen LogP contribution in [0.2, 0.25) is 0 Å². The zero-order valence-corrected chi connectivity index (χ0v) is 26.3. The first kappa shape index (κ1) is 27.0. The molecule has 5 aliphatic rings. The van der Waals surface area contributed by atoms with E-state index in [-0.39, 0.29) is 5.41 Å². The molecule has 0 radical (unpaired) electrons. The van der Waals surface area contributed by atoms with Crippen LogP contribution >= 0.6 is 0 Å². The van der Waals surface area contributed by atoms with Crippen molar-refractivity contribution in [3.05, 3.63) is 149 Å². The minimum absolute atomic E-state index is 0.168. The van der Waals surface area contributed by atoms with E-state index < -0.39 is 0 Å². The molecule has 2 aromatic carbocycles. The molecule has 0 amide bonds. The molecule has 0 N–H and O–H groups in total. The van der Waals surface area contributed by atoms with E-state index in [0.717, 1.165) is 24.8 Å². The van der Waals surface area contributed by atoms with E-state index in [0.29, 0.717) is 11.8 Å². The molecule has 0 saturated carbocycles. The van der Waals surface area contributed by atoms with Gasteiger partial charge in [-0.25, -0.2) is 0 Å². The molecule has 2 heterocycles. The van der Waals surface area contributed by atoms with Crippen molar-refractivity contribution in [3.8, 4) is 5.69 Å². The summed E-state index contributed by atoms with van der Waals surface area (Å²) < 4.78 is 2.59. The lowest BCUT2D eigenvalue weighted by atomic mass is 9.77. The van der Waals surface area contributed by atoms with Crippen LogP contribution < -0.4 is 4.90 Å². The van der Waals surface area contributed by atoms with E-state index in [1.165, 1.54) is 67.1 Å². The fourth-order valence-electron chi connectivity index (χ4n) is 8.22. The monoisotopic (exact) mass is 572 g/mol. The number of rotatable bonds is 2. The Morgan fingerprint density at radius 3 is 2.57 bits per heavy atom. The van der Waals surface area contributed by atoms with Crippen LogP contribution in [-0.2, 0) is 5.41 Å². The van der Waals surface area contributed by atoms with Crippen LogP contribution in [0, 0.1) is 5.92 Å². The lowest BCUT2D eigenvalue weighted by Crippen LogP contribution is -2.25. The first-order chi connectivity index (χ1) is 21.4. The summed E-state index contributed by atoms with van der Waals surface area (Å²) in [4.78, 5) is 2.45. The zero-order valence-electron chi connectivity index (χ0n) is 26.3. The molecule has 0 bridgehead atoms. The van der Waals surface area contributed by atoms with Crippen LogP contribution in [-0.4, -0.2) is 4.57 Å². The Morgan fingerprint density at radius 1 is 0.886 bits per heavy atom. The number of hydrogen-bond donors (Lipinski definition) is 0. The Kier molecular flexibility index (Phi) is 6.14. The third-order valence-electron chi connectivity index (χ3n) is 10.2. The van der Waals surface area contributed by atoms with E-state index in [4.69, 9.17) is 6.58 Å². The number of para-hydroxylation sites is 1. The van der Waals surface area contributed by atoms with Crippen molar-refractivity contribution >= 4 is 33.8 Å². The highest BCUT2D eigenvalue weighted by atomic mass is 15.1. The minimum atomic E-state index is -0.168. The number of hydrogen-bond acceptors (Lipinski definition) is 1. The number of benzene rings is 2. The Labute approximate surface area is 261 Å². The van der Waals surface area contributed by atoms with Gasteiger partial charge in [-0.05, 0) is 83.4 Å². The molecule has 1 aliphatic heterocycles. The summed E-state index contributed by atoms with van der Waals surface area (Å²) in [6.45, 7) is 14.3. The number of nitrogens with zero attached hydrogens (tertiary/aromatic N) is 2. The average molecular weight is 573 g/mol. The van der Waals surface area contributed by atoms with Crippen LogP contribution in [0.4, 0.5) is 5.69 Å². The van der Waals surface area contributed by atoms with E-state index >= 15 is 0 Å². The maximum absolute atomic E-state index is 4.78. The SMILES string of the molecule is C=C1/C=C\C=C/N(C2=CC=CC(C)C=C2)c2c3c(c4c5c(n(-c6ccccc6)c4c21)C(C)CC=C5)C1=C(C=CCC1)C3(C)C. The van der Waals surface area contributed by atoms with Crippen molar-refractivity contribution in [1.82, 2.24) is 4.57 Å². The predicted octanol–water partition coefficient (Wildman–Crippen LogP) is 11.1. The van der Waals surface area contributed by atoms with Crippen molar-refractivity contribution in [2.45, 2.75) is 58.3 Å². The van der Waals surface area contributed by atoms with Gasteiger partial charge in [0.05, 0.1) is 11.2 Å². The minimum Gasteiger partial charge on any atom is -0.316 e. The number of anilines is 1. The van der Waals surface area contributed by atoms with Gasteiger partial charge < -0.3 is 9.47 Å². The molecule has 0 spiro atoms. The summed E-state index contributed by atoms with van der Waals surface area (Å²) in [5.74, 6) is 0.784. The van der Waals surface area contributed by atoms with Gasteiger partial charge >= 0.3 is 0 Å². The second-order valence-corrected chi connectivity index (χ2v) is 13.5. The second kappa shape index (κ2) is 9.99. The summed E-state index contributed by atoms with van der Waals surface area (Å²) in [6, 6.07) is 11.0. The van der Waals surface area contributed by atoms with Gasteiger partial charge in [-0.15, -0.1) is 0 Å². The summed E-state index contributed by atoms with van der Waals surface area (Å²) in [5.41, 5.74) is 15.7. The van der Waals surface area contributed by atoms with E-state index in [9.17, 15) is 0 Å². The summed E-state index contributed by atoms with van der Waals surface area (Å²) in [5, 5.41) is 1.40. The van der Waals surface area contributed by atoms with Gasteiger partial charge in [0, 0.05) is 51.1 Å². The van der Waals surface area contributed by atoms with Crippen molar-refractivity contribution in [2.75, 3.05) is 4.90 Å². The standard InChI is InChI=1S/C42H40N2/c1-27-15-13-20-30(25-24-27)43-26-12-11-16-28(2)35-40-37(36-32-21-9-10-23-34(32)42(4,5)38(36)41(35)43)33-22-14-17-29(3)39(33)44(40)31-18-7-6-8-19-31/h6-8,10-16,18-20,22-27,29H,2,9,17,21H2,1,3-5H3/b16-11-,26-12-. The van der Waals surface area contributed by atoms with Gasteiger partial charge in [-0.1, -0.05) is 107 Å². The van der Waals surface area contributed by atoms with E-state index in [1.54, 1.807) is 0 Å². The number of allylic oxidation sites excluding steroid dienone is 14. The molecule has 4 aliphatic carbocycles. The number of fused-ring (bicyclic) bond motifs is 9. The molecular formula is C42H40N2. The van der Waals surface area contributed by atoms with Crippen LogP contribution in [0.1, 0.15) is 80.8 Å². The Bertz CT molecular complexity index is 1990. The highest BCUT2D eigenvalue weighted by Crippen LogP contribution is 2.60. The maximum Gasteiger partial charge on any atom is 0.0643 e. The van der Waals surface area contributed by atoms with Crippen molar-refractivity contribution in [3.63, 3.8) is 0 Å². The highest BCUT2D eigenvalue weighted by molar-refractivity contribution is 6.14. The zero-order chi connectivity index (χ0) is 30.2. The molecular weight excluding hydrogens is 532 g/mol. The summed E-state index contributed by atoms with van der Waals surface area (Å²) >= 11 is 0. The molecule has 0 fully saturated rings. The third-order valence-corrected chi connectivity index (χ3v) is 10.2. The van der Waals surface area contributed by atoms with Gasteiger partial charge in [0.25, 0.3) is 0 Å². The van der Waals surface area contributed by atoms with E-state index in [2.05, 4.69) is 147 Å². The molecule has 2 atom stereocenters. The van der Waals surface area contributed by atoms with Gasteiger partial charge in [-0.2, -0.15) is 0 Å². The first-order valence-corrected chi connectivity index (χ1v) is 16.2. The Morgan fingerprint density at radius 2 is 1.73 bits per heavy atom. The van der Waals surface area contributed by atoms with Crippen molar-refractivity contribution < 1.29 is 0 Å². The molecule has 44 heavy (non-hydrogen) atoms. The van der Waals surface area contributed by atoms with Gasteiger partial charge in [0.1, 0.15) is 0 Å². The van der Waals surface area contributed by atoms with Crippen LogP contribution in [0.3, 0.4) is 0 Å². The average Bonchev–Trinajstić information content (AvgIpc) is 3.37. The quantitative estimate of drug-likeness (QED) is 0.296. The molecule has 218 valence electrons. The van der Waals surface area contributed by atoms with Crippen LogP contribution in [0.15, 0.2) is 121 Å². The predicted molar refractivity (Wildman–Crippen MR) is 189 cm³/mol. The Balaban J connectivity index is 1.62. The fourth-order valence-corrected chi connectivity index (χ4v) is 8.22. The molecule has 2 heteroatoms. The topological polar surface area (TPSA) is 8.17 Å². The fraction of sp³-hybridized carbons (Fsp3) is 0.238. The van der Waals surface area contributed by atoms with Gasteiger partial charge in [0.15, 0.2) is 0 Å². The largest absolute Gasteiger partial charge is 0.316 e. The smallest absolute Gasteiger partial charge is 0.0643 e. The molecule has 0 saturated heterocycles. The summed E-state index contributed by atoms with van der Waals surface area (Å²) in [7, 11) is 0. The normalized spacial score (nSPS) is 24.3. The Hall–Kier alpha value is -4.56. The van der Waals surface area contributed by atoms with Gasteiger partial charge in [0.2, 0.25) is 0 Å². The maximum atomic E-state index is 4.78. The van der Waals surface area contributed by atoms with Crippen molar-refractivity contribution in [2.24, 2.45) is 5.92 Å². The highest BCUT2D eigenvalue weighted by Gasteiger charge is 2.45. The van der Waals surface area contributed by atoms with Crippen LogP contribution in [0.5, 0.6) is 0 Å².